The number of nitrogens with zero attached hydrogens (tertiary/aromatic N) is 4. The van der Waals surface area contributed by atoms with Gasteiger partial charge in [0.05, 0.1) is 28.6 Å². The lowest BCUT2D eigenvalue weighted by Gasteiger charge is -2.21. The largest absolute Gasteiger partial charge is 0.481 e. The molecular formula is C28H18N6O3S. The van der Waals surface area contributed by atoms with E-state index in [2.05, 4.69) is 26.7 Å². The van der Waals surface area contributed by atoms with Gasteiger partial charge in [0, 0.05) is 28.6 Å². The van der Waals surface area contributed by atoms with E-state index >= 15 is 0 Å². The van der Waals surface area contributed by atoms with Crippen molar-refractivity contribution in [2.45, 2.75) is 6.92 Å². The van der Waals surface area contributed by atoms with Gasteiger partial charge in [-0.15, -0.1) is 0 Å². The van der Waals surface area contributed by atoms with E-state index in [0.29, 0.717) is 49.2 Å². The first kappa shape index (κ1) is 23.3. The molecular weight excluding hydrogens is 500 g/mol. The second-order valence-corrected chi connectivity index (χ2v) is 9.55. The van der Waals surface area contributed by atoms with Gasteiger partial charge >= 0.3 is 0 Å². The van der Waals surface area contributed by atoms with E-state index in [0.717, 1.165) is 17.0 Å². The summed E-state index contributed by atoms with van der Waals surface area (Å²) < 4.78 is 5.72. The number of pyridine rings is 2. The fraction of sp³-hybridized carbons (Fsp3) is 0.0714. The second kappa shape index (κ2) is 9.38. The van der Waals surface area contributed by atoms with Gasteiger partial charge < -0.3 is 10.1 Å². The molecule has 5 aromatic rings. The number of thiazole rings is 1. The zero-order chi connectivity index (χ0) is 26.2. The van der Waals surface area contributed by atoms with Crippen LogP contribution < -0.4 is 15.4 Å². The number of amides is 2. The minimum absolute atomic E-state index is 0.0984. The molecule has 0 aliphatic carbocycles. The lowest BCUT2D eigenvalue weighted by molar-refractivity contribution is -0.118. The molecule has 2 aromatic carbocycles. The van der Waals surface area contributed by atoms with E-state index in [1.807, 2.05) is 43.3 Å². The number of para-hydroxylation sites is 1. The minimum Gasteiger partial charge on any atom is -0.481 e. The number of aryl methyl sites for hydroxylation is 1. The fourth-order valence-corrected chi connectivity index (χ4v) is 5.04. The summed E-state index contributed by atoms with van der Waals surface area (Å²) >= 11 is 1.27. The van der Waals surface area contributed by atoms with Crippen LogP contribution in [0.3, 0.4) is 0 Å². The zero-order valence-corrected chi connectivity index (χ0v) is 20.8. The fourth-order valence-electron chi connectivity index (χ4n) is 4.20. The topological polar surface area (TPSA) is 130 Å². The van der Waals surface area contributed by atoms with E-state index in [-0.39, 0.29) is 18.4 Å². The molecule has 1 aliphatic rings. The number of anilines is 2. The number of rotatable bonds is 4. The summed E-state index contributed by atoms with van der Waals surface area (Å²) in [5.41, 5.74) is 5.79. The maximum Gasteiger partial charge on any atom is 0.262 e. The van der Waals surface area contributed by atoms with E-state index in [9.17, 15) is 9.59 Å². The van der Waals surface area contributed by atoms with Crippen molar-refractivity contribution in [1.29, 1.82) is 5.26 Å². The first-order chi connectivity index (χ1) is 18.5. The van der Waals surface area contributed by atoms with Crippen molar-refractivity contribution < 1.29 is 14.3 Å². The quantitative estimate of drug-likeness (QED) is 0.335. The van der Waals surface area contributed by atoms with Crippen molar-refractivity contribution in [2.24, 2.45) is 0 Å². The zero-order valence-electron chi connectivity index (χ0n) is 20.0. The van der Waals surface area contributed by atoms with Crippen LogP contribution in [0.5, 0.6) is 5.75 Å². The van der Waals surface area contributed by atoms with Crippen LogP contribution in [0.2, 0.25) is 0 Å². The summed E-state index contributed by atoms with van der Waals surface area (Å²) in [6, 6.07) is 20.2. The number of nitriles is 1. The van der Waals surface area contributed by atoms with E-state index in [4.69, 9.17) is 15.0 Å². The molecule has 0 unspecified atom stereocenters. The molecule has 4 heterocycles. The Morgan fingerprint density at radius 2 is 1.95 bits per heavy atom. The monoisotopic (exact) mass is 518 g/mol. The van der Waals surface area contributed by atoms with Crippen LogP contribution >= 0.6 is 11.3 Å². The molecule has 2 amide bonds. The summed E-state index contributed by atoms with van der Waals surface area (Å²) in [5, 5.41) is 15.1. The first-order valence-corrected chi connectivity index (χ1v) is 12.4. The normalized spacial score (nSPS) is 12.3. The summed E-state index contributed by atoms with van der Waals surface area (Å²) in [6.07, 6.45) is 1.52. The van der Waals surface area contributed by atoms with Gasteiger partial charge in [-0.3, -0.25) is 19.9 Å². The molecule has 184 valence electrons. The highest BCUT2D eigenvalue weighted by Gasteiger charge is 2.23. The second-order valence-electron chi connectivity index (χ2n) is 8.57. The Morgan fingerprint density at radius 1 is 1.11 bits per heavy atom. The standard InChI is InChI=1S/C28H18N6O3S/c1-15-11-19(18-3-2-4-22-25(18)37-14-24(35)31-22)20(13-30-15)26(36)34-28-33-23-10-9-21(32-27(23)38-28)17-7-5-16(12-29)6-8-17/h2-11,13H,14H2,1H3,(H,31,35)(H,33,34,36). The molecule has 3 aromatic heterocycles. The predicted molar refractivity (Wildman–Crippen MR) is 144 cm³/mol. The van der Waals surface area contributed by atoms with Gasteiger partial charge in [-0.25, -0.2) is 9.97 Å². The van der Waals surface area contributed by atoms with Gasteiger partial charge in [0.25, 0.3) is 11.8 Å². The number of hydrogen-bond donors (Lipinski definition) is 2. The maximum atomic E-state index is 13.4. The van der Waals surface area contributed by atoms with Crippen molar-refractivity contribution >= 4 is 44.3 Å². The first-order valence-electron chi connectivity index (χ1n) is 11.6. The van der Waals surface area contributed by atoms with E-state index in [1.165, 1.54) is 17.5 Å². The van der Waals surface area contributed by atoms with Crippen LogP contribution in [0, 0.1) is 18.3 Å². The predicted octanol–water partition coefficient (Wildman–Crippen LogP) is 5.18. The molecule has 0 saturated carbocycles. The lowest BCUT2D eigenvalue weighted by Crippen LogP contribution is -2.25. The molecule has 0 fully saturated rings. The van der Waals surface area contributed by atoms with Crippen molar-refractivity contribution in [2.75, 3.05) is 17.2 Å². The highest BCUT2D eigenvalue weighted by molar-refractivity contribution is 7.22. The Morgan fingerprint density at radius 3 is 2.76 bits per heavy atom. The SMILES string of the molecule is Cc1cc(-c2cccc3c2OCC(=O)N3)c(C(=O)Nc2nc3ccc(-c4ccc(C#N)cc4)nc3s2)cn1. The summed E-state index contributed by atoms with van der Waals surface area (Å²) in [7, 11) is 0. The number of aromatic nitrogens is 3. The smallest absolute Gasteiger partial charge is 0.262 e. The Kier molecular flexibility index (Phi) is 5.75. The van der Waals surface area contributed by atoms with Gasteiger partial charge in [0.2, 0.25) is 0 Å². The number of hydrogen-bond acceptors (Lipinski definition) is 8. The average molecular weight is 519 g/mol. The summed E-state index contributed by atoms with van der Waals surface area (Å²) in [5.74, 6) is -0.104. The molecule has 0 radical (unpaired) electrons. The summed E-state index contributed by atoms with van der Waals surface area (Å²) in [4.78, 5) is 39.4. The molecule has 6 rings (SSSR count). The molecule has 10 heteroatoms. The van der Waals surface area contributed by atoms with E-state index < -0.39 is 0 Å². The van der Waals surface area contributed by atoms with E-state index in [1.54, 1.807) is 24.3 Å². The number of benzene rings is 2. The van der Waals surface area contributed by atoms with Gasteiger partial charge in [-0.2, -0.15) is 5.26 Å². The number of nitrogens with one attached hydrogen (secondary N) is 2. The van der Waals surface area contributed by atoms with Crippen LogP contribution in [0.15, 0.2) is 66.9 Å². The van der Waals surface area contributed by atoms with Crippen LogP contribution in [0.4, 0.5) is 10.8 Å². The van der Waals surface area contributed by atoms with Crippen LogP contribution in [-0.2, 0) is 4.79 Å². The summed E-state index contributed by atoms with van der Waals surface area (Å²) in [6.45, 7) is 1.74. The van der Waals surface area contributed by atoms with Gasteiger partial charge in [-0.1, -0.05) is 35.6 Å². The van der Waals surface area contributed by atoms with Crippen LogP contribution in [-0.4, -0.2) is 33.4 Å². The maximum absolute atomic E-state index is 13.4. The average Bonchev–Trinajstić information content (AvgIpc) is 3.34. The van der Waals surface area contributed by atoms with Crippen molar-refractivity contribution in [3.05, 3.63) is 83.7 Å². The van der Waals surface area contributed by atoms with Crippen molar-refractivity contribution in [3.8, 4) is 34.2 Å². The van der Waals surface area contributed by atoms with Gasteiger partial charge in [0.15, 0.2) is 17.5 Å². The Hall–Kier alpha value is -5.14. The molecule has 0 spiro atoms. The molecule has 38 heavy (non-hydrogen) atoms. The number of carbonyl (C=O) groups excluding carboxylic acids is 2. The third-order valence-corrected chi connectivity index (χ3v) is 6.88. The highest BCUT2D eigenvalue weighted by atomic mass is 32.1. The number of ether oxygens (including phenoxy) is 1. The highest BCUT2D eigenvalue weighted by Crippen LogP contribution is 2.40. The molecule has 1 aliphatic heterocycles. The number of fused-ring (bicyclic) bond motifs is 2. The molecule has 0 atom stereocenters. The Balaban J connectivity index is 1.32. The third-order valence-electron chi connectivity index (χ3n) is 6.00. The molecule has 0 bridgehead atoms. The molecule has 2 N–H and O–H groups in total. The third kappa shape index (κ3) is 4.31. The van der Waals surface area contributed by atoms with Crippen LogP contribution in [0.1, 0.15) is 21.6 Å². The van der Waals surface area contributed by atoms with Crippen molar-refractivity contribution in [1.82, 2.24) is 15.0 Å². The molecule has 0 saturated heterocycles. The molecule has 9 nitrogen and oxygen atoms in total. The van der Waals surface area contributed by atoms with Gasteiger partial charge in [-0.05, 0) is 43.3 Å². The Bertz CT molecular complexity index is 1790. The Labute approximate surface area is 220 Å². The van der Waals surface area contributed by atoms with Gasteiger partial charge in [0.1, 0.15) is 10.3 Å². The van der Waals surface area contributed by atoms with Crippen LogP contribution in [0.25, 0.3) is 32.7 Å². The number of carbonyl (C=O) groups is 2. The lowest BCUT2D eigenvalue weighted by atomic mass is 9.98. The van der Waals surface area contributed by atoms with Crippen molar-refractivity contribution in [3.63, 3.8) is 0 Å². The minimum atomic E-state index is -0.378.